The Morgan fingerprint density at radius 1 is 0.509 bits per heavy atom. The van der Waals surface area contributed by atoms with Crippen LogP contribution in [0.25, 0.3) is 16.7 Å². The van der Waals surface area contributed by atoms with E-state index in [4.69, 9.17) is 4.99 Å². The molecule has 0 aliphatic carbocycles. The number of allylic oxidation sites excluding steroid dienone is 2. The number of hydrogen-bond donors (Lipinski definition) is 2. The van der Waals surface area contributed by atoms with Crippen molar-refractivity contribution in [3.8, 4) is 0 Å². The van der Waals surface area contributed by atoms with Crippen LogP contribution in [0, 0.1) is 27.7 Å². The highest BCUT2D eigenvalue weighted by Gasteiger charge is 2.25. The first-order valence-corrected chi connectivity index (χ1v) is 18.4. The highest BCUT2D eigenvalue weighted by molar-refractivity contribution is 6.30. The summed E-state index contributed by atoms with van der Waals surface area (Å²) in [5.74, 6) is -0.0143. The van der Waals surface area contributed by atoms with Crippen molar-refractivity contribution in [2.75, 3.05) is 0 Å². The molecule has 2 aliphatic heterocycles. The predicted octanol–water partition coefficient (Wildman–Crippen LogP) is 9.33. The van der Waals surface area contributed by atoms with Crippen LogP contribution in [0.15, 0.2) is 156 Å². The average Bonchev–Trinajstić information content (AvgIpc) is 3.99. The molecule has 7 aromatic rings. The molecule has 1 atom stereocenters. The SMILES string of the molecule is Cc1ccc(/C2=C3\C=CC(=N3)/C(c3ccc(C)cc3)=c3/cc/c([nH]3)=C(\c3ccc(C)cc3)c3cc(cn3C)C(c3ccc(C)cc3)c3ccc2[nH]3)cc1. The van der Waals surface area contributed by atoms with E-state index in [0.29, 0.717) is 0 Å². The van der Waals surface area contributed by atoms with Gasteiger partial charge in [0.15, 0.2) is 0 Å². The number of fused-ring (bicyclic) bond motifs is 7. The predicted molar refractivity (Wildman–Crippen MR) is 219 cm³/mol. The highest BCUT2D eigenvalue weighted by atomic mass is 14.9. The van der Waals surface area contributed by atoms with E-state index in [0.717, 1.165) is 72.6 Å². The summed E-state index contributed by atoms with van der Waals surface area (Å²) in [6, 6.07) is 46.7. The molecular weight excluding hydrogens is 645 g/mol. The van der Waals surface area contributed by atoms with Gasteiger partial charge < -0.3 is 14.5 Å². The van der Waals surface area contributed by atoms with Gasteiger partial charge in [0.2, 0.25) is 0 Å². The van der Waals surface area contributed by atoms with Crippen molar-refractivity contribution >= 4 is 22.4 Å². The fourth-order valence-corrected chi connectivity index (χ4v) is 7.85. The van der Waals surface area contributed by atoms with Gasteiger partial charge in [0.05, 0.1) is 23.0 Å². The third-order valence-electron chi connectivity index (χ3n) is 10.7. The molecule has 0 radical (unpaired) electrons. The first-order chi connectivity index (χ1) is 25.8. The smallest absolute Gasteiger partial charge is 0.0737 e. The van der Waals surface area contributed by atoms with E-state index in [-0.39, 0.29) is 5.92 Å². The lowest BCUT2D eigenvalue weighted by Crippen LogP contribution is -2.20. The number of rotatable bonds is 4. The normalized spacial score (nSPS) is 18.7. The van der Waals surface area contributed by atoms with Crippen LogP contribution in [-0.2, 0) is 7.05 Å². The number of nitrogens with one attached hydrogen (secondary N) is 2. The highest BCUT2D eigenvalue weighted by Crippen LogP contribution is 2.38. The lowest BCUT2D eigenvalue weighted by Gasteiger charge is -2.16. The molecule has 5 heterocycles. The maximum atomic E-state index is 5.44. The zero-order chi connectivity index (χ0) is 36.2. The average molecular weight is 687 g/mol. The van der Waals surface area contributed by atoms with Gasteiger partial charge in [0.25, 0.3) is 0 Å². The molecule has 53 heavy (non-hydrogen) atoms. The molecule has 0 fully saturated rings. The molecule has 0 amide bonds. The van der Waals surface area contributed by atoms with Gasteiger partial charge in [-0.15, -0.1) is 0 Å². The second-order valence-electron chi connectivity index (χ2n) is 14.7. The van der Waals surface area contributed by atoms with E-state index < -0.39 is 0 Å². The van der Waals surface area contributed by atoms with Crippen LogP contribution in [-0.4, -0.2) is 20.2 Å². The fraction of sp³-hybridized carbons (Fsp3) is 0.122. The Kier molecular flexibility index (Phi) is 7.97. The Balaban J connectivity index is 1.41. The minimum Gasteiger partial charge on any atom is -0.358 e. The third kappa shape index (κ3) is 5.96. The zero-order valence-electron chi connectivity index (χ0n) is 30.8. The van der Waals surface area contributed by atoms with Crippen LogP contribution in [0.1, 0.15) is 73.1 Å². The molecule has 2 N–H and O–H groups in total. The van der Waals surface area contributed by atoms with E-state index in [1.807, 2.05) is 0 Å². The summed E-state index contributed by atoms with van der Waals surface area (Å²) in [7, 11) is 2.17. The third-order valence-corrected chi connectivity index (χ3v) is 10.7. The second kappa shape index (κ2) is 13.0. The van der Waals surface area contributed by atoms with Gasteiger partial charge in [-0.3, -0.25) is 0 Å². The minimum absolute atomic E-state index is 0.0143. The molecule has 0 spiro atoms. The first-order valence-electron chi connectivity index (χ1n) is 18.4. The molecule has 4 heteroatoms. The van der Waals surface area contributed by atoms with Crippen molar-refractivity contribution in [3.63, 3.8) is 0 Å². The van der Waals surface area contributed by atoms with Crippen molar-refractivity contribution in [1.82, 2.24) is 14.5 Å². The summed E-state index contributed by atoms with van der Waals surface area (Å²) in [6.07, 6.45) is 6.64. The number of H-pyrrole nitrogens is 2. The van der Waals surface area contributed by atoms with E-state index in [1.165, 1.54) is 33.4 Å². The van der Waals surface area contributed by atoms with E-state index in [9.17, 15) is 0 Å². The van der Waals surface area contributed by atoms with Crippen LogP contribution in [0.5, 0.6) is 0 Å². The van der Waals surface area contributed by atoms with Crippen LogP contribution < -0.4 is 10.7 Å². The van der Waals surface area contributed by atoms with E-state index >= 15 is 0 Å². The number of aryl methyl sites for hydroxylation is 5. The standard InChI is InChI=1S/C49H42N4/c1-30-6-14-34(15-7-30)46-38-28-45(53(5)29-38)49(37-20-12-33(4)13-21-37)44-27-26-43(52-44)48(36-18-10-32(3)11-19-36)42-25-24-41(51-42)47(40-23-22-39(46)50-40)35-16-8-31(2)9-17-35/h6-29,46,50,52H,1-5H3/b47-41-,48-43-,49-44-. The molecule has 3 aromatic heterocycles. The molecule has 4 nitrogen and oxygen atoms in total. The van der Waals surface area contributed by atoms with Crippen LogP contribution in [0.4, 0.5) is 0 Å². The van der Waals surface area contributed by atoms with Crippen molar-refractivity contribution in [2.45, 2.75) is 33.6 Å². The van der Waals surface area contributed by atoms with Crippen molar-refractivity contribution in [3.05, 3.63) is 229 Å². The van der Waals surface area contributed by atoms with E-state index in [1.54, 1.807) is 0 Å². The summed E-state index contributed by atoms with van der Waals surface area (Å²) < 4.78 is 2.28. The topological polar surface area (TPSA) is 48.9 Å². The monoisotopic (exact) mass is 686 g/mol. The Morgan fingerprint density at radius 2 is 1.04 bits per heavy atom. The van der Waals surface area contributed by atoms with Crippen molar-refractivity contribution in [2.24, 2.45) is 12.0 Å². The Morgan fingerprint density at radius 3 is 1.64 bits per heavy atom. The van der Waals surface area contributed by atoms with Crippen molar-refractivity contribution in [1.29, 1.82) is 0 Å². The Hall–Kier alpha value is -6.39. The van der Waals surface area contributed by atoms with Crippen LogP contribution >= 0.6 is 0 Å². The molecule has 0 saturated carbocycles. The van der Waals surface area contributed by atoms with Gasteiger partial charge >= 0.3 is 0 Å². The molecule has 0 saturated heterocycles. The Bertz CT molecular complexity index is 2720. The number of aromatic nitrogens is 3. The fourth-order valence-electron chi connectivity index (χ4n) is 7.85. The molecule has 4 aromatic carbocycles. The van der Waals surface area contributed by atoms with Gasteiger partial charge in [-0.25, -0.2) is 4.99 Å². The first kappa shape index (κ1) is 32.5. The largest absolute Gasteiger partial charge is 0.358 e. The molecular formula is C49H42N4. The number of aromatic amines is 2. The molecule has 9 rings (SSSR count). The van der Waals surface area contributed by atoms with Crippen LogP contribution in [0.2, 0.25) is 0 Å². The maximum Gasteiger partial charge on any atom is 0.0737 e. The van der Waals surface area contributed by atoms with Gasteiger partial charge in [0, 0.05) is 52.0 Å². The number of aliphatic imine (C=N–C) groups is 1. The van der Waals surface area contributed by atoms with Gasteiger partial charge in [-0.1, -0.05) is 119 Å². The second-order valence-corrected chi connectivity index (χ2v) is 14.7. The molecule has 1 unspecified atom stereocenters. The van der Waals surface area contributed by atoms with Crippen LogP contribution in [0.3, 0.4) is 0 Å². The summed E-state index contributed by atoms with van der Waals surface area (Å²) in [4.78, 5) is 13.3. The quantitative estimate of drug-likeness (QED) is 0.186. The summed E-state index contributed by atoms with van der Waals surface area (Å²) >= 11 is 0. The van der Waals surface area contributed by atoms with Gasteiger partial charge in [-0.05, 0) is 98.0 Å². The summed E-state index contributed by atoms with van der Waals surface area (Å²) in [6.45, 7) is 8.56. The summed E-state index contributed by atoms with van der Waals surface area (Å²) in [5, 5.41) is 2.08. The minimum atomic E-state index is -0.0143. The number of benzene rings is 4. The van der Waals surface area contributed by atoms with Crippen molar-refractivity contribution < 1.29 is 0 Å². The van der Waals surface area contributed by atoms with E-state index in [2.05, 4.69) is 195 Å². The summed E-state index contributed by atoms with van der Waals surface area (Å²) in [5.41, 5.74) is 19.3. The number of hydrogen-bond acceptors (Lipinski definition) is 1. The molecule has 2 aliphatic rings. The number of nitrogens with zero attached hydrogens (tertiary/aromatic N) is 2. The molecule has 8 bridgehead atoms. The van der Waals surface area contributed by atoms with Gasteiger partial charge in [-0.2, -0.15) is 0 Å². The van der Waals surface area contributed by atoms with Gasteiger partial charge in [0.1, 0.15) is 0 Å². The lowest BCUT2D eigenvalue weighted by atomic mass is 9.89. The molecule has 258 valence electrons. The lowest BCUT2D eigenvalue weighted by molar-refractivity contribution is 0.882. The zero-order valence-corrected chi connectivity index (χ0v) is 30.8. The Labute approximate surface area is 310 Å². The maximum absolute atomic E-state index is 5.44.